The third-order valence-electron chi connectivity index (χ3n) is 5.65. The molecule has 0 aromatic heterocycles. The monoisotopic (exact) mass is 388 g/mol. The van der Waals surface area contributed by atoms with Gasteiger partial charge in [-0.25, -0.2) is 0 Å². The molecular weight excluding hydrogens is 356 g/mol. The van der Waals surface area contributed by atoms with E-state index < -0.39 is 13.5 Å². The van der Waals surface area contributed by atoms with Crippen molar-refractivity contribution in [2.24, 2.45) is 0 Å². The maximum atomic E-state index is 12.4. The molecular formula is C21H32N2O3Si. The summed E-state index contributed by atoms with van der Waals surface area (Å²) in [6.45, 7) is 15.1. The smallest absolute Gasteiger partial charge is 0.236 e. The Kier molecular flexibility index (Phi) is 6.32. The van der Waals surface area contributed by atoms with Crippen LogP contribution in [0.1, 0.15) is 32.3 Å². The van der Waals surface area contributed by atoms with E-state index in [1.54, 1.807) is 18.9 Å². The summed E-state index contributed by atoms with van der Waals surface area (Å²) >= 11 is 0. The van der Waals surface area contributed by atoms with Gasteiger partial charge in [-0.15, -0.1) is 0 Å². The van der Waals surface area contributed by atoms with E-state index in [4.69, 9.17) is 4.74 Å². The van der Waals surface area contributed by atoms with Crippen LogP contribution in [0.15, 0.2) is 36.5 Å². The summed E-state index contributed by atoms with van der Waals surface area (Å²) in [5, 5.41) is 2.93. The molecule has 0 saturated carbocycles. The van der Waals surface area contributed by atoms with E-state index in [0.717, 1.165) is 11.3 Å². The molecule has 1 fully saturated rings. The molecule has 2 heterocycles. The number of nitrogens with zero attached hydrogens (tertiary/aromatic N) is 1. The quantitative estimate of drug-likeness (QED) is 0.798. The first-order valence-electron chi connectivity index (χ1n) is 9.42. The highest BCUT2D eigenvalue weighted by molar-refractivity contribution is 6.77. The lowest BCUT2D eigenvalue weighted by Crippen LogP contribution is -2.51. The Morgan fingerprint density at radius 1 is 1.30 bits per heavy atom. The molecule has 2 unspecified atom stereocenters. The van der Waals surface area contributed by atoms with Crippen LogP contribution in [0, 0.1) is 0 Å². The molecule has 2 amide bonds. The molecule has 1 saturated heterocycles. The molecule has 6 heteroatoms. The Morgan fingerprint density at radius 3 is 2.44 bits per heavy atom. The average Bonchev–Trinajstić information content (AvgIpc) is 2.87. The van der Waals surface area contributed by atoms with Crippen molar-refractivity contribution in [1.29, 1.82) is 0 Å². The highest BCUT2D eigenvalue weighted by atomic mass is 28.3. The first-order valence-corrected chi connectivity index (χ1v) is 13.0. The number of anilines is 1. The van der Waals surface area contributed by atoms with Gasteiger partial charge in [0.25, 0.3) is 0 Å². The Bertz CT molecular complexity index is 741. The molecule has 2 aliphatic heterocycles. The van der Waals surface area contributed by atoms with E-state index in [9.17, 15) is 9.59 Å². The van der Waals surface area contributed by atoms with Gasteiger partial charge < -0.3 is 15.0 Å². The van der Waals surface area contributed by atoms with Crippen LogP contribution >= 0.6 is 0 Å². The molecule has 1 N–H and O–H groups in total. The molecule has 0 bridgehead atoms. The zero-order valence-electron chi connectivity index (χ0n) is 17.4. The summed E-state index contributed by atoms with van der Waals surface area (Å²) in [6, 6.07) is 7.72. The Morgan fingerprint density at radius 2 is 1.93 bits per heavy atom. The normalized spacial score (nSPS) is 22.7. The number of likely N-dealkylation sites (tertiary alicyclic amines) is 1. The van der Waals surface area contributed by atoms with Gasteiger partial charge in [-0.05, 0) is 31.9 Å². The minimum Gasteiger partial charge on any atom is -0.385 e. The van der Waals surface area contributed by atoms with Crippen molar-refractivity contribution in [2.75, 3.05) is 19.0 Å². The van der Waals surface area contributed by atoms with Crippen molar-refractivity contribution in [3.63, 3.8) is 0 Å². The van der Waals surface area contributed by atoms with E-state index in [0.29, 0.717) is 30.8 Å². The van der Waals surface area contributed by atoms with Gasteiger partial charge >= 0.3 is 0 Å². The van der Waals surface area contributed by atoms with Crippen molar-refractivity contribution in [3.8, 4) is 0 Å². The molecule has 1 spiro atoms. The third kappa shape index (κ3) is 4.33. The second-order valence-corrected chi connectivity index (χ2v) is 14.1. The number of rotatable bonds is 3. The number of piperidine rings is 1. The third-order valence-corrected chi connectivity index (χ3v) is 8.33. The minimum atomic E-state index is -0.983. The standard InChI is InChI=1S/C15H16N2O2.C6H16OSi/c1-10(2)17-9-15(8-7-13(17)18)11-5-3-4-6-12(11)16-14(15)19;1-6(7-2)8(3,4)5/h3-6H,1,7-9H2,2H3,(H,16,19);6H,1-5H3. The summed E-state index contributed by atoms with van der Waals surface area (Å²) in [5.41, 5.74) is 2.44. The summed E-state index contributed by atoms with van der Waals surface area (Å²) in [6.07, 6.45) is 0.951. The van der Waals surface area contributed by atoms with Crippen molar-refractivity contribution in [1.82, 2.24) is 4.90 Å². The number of carbonyl (C=O) groups is 2. The van der Waals surface area contributed by atoms with Crippen LogP contribution in [0.4, 0.5) is 5.69 Å². The molecule has 3 rings (SSSR count). The molecule has 2 atom stereocenters. The number of para-hydroxylation sites is 1. The van der Waals surface area contributed by atoms with Gasteiger partial charge in [0.15, 0.2) is 0 Å². The number of hydrogen-bond acceptors (Lipinski definition) is 3. The highest BCUT2D eigenvalue weighted by Gasteiger charge is 2.50. The van der Waals surface area contributed by atoms with Crippen LogP contribution in [0.3, 0.4) is 0 Å². The molecule has 148 valence electrons. The lowest BCUT2D eigenvalue weighted by molar-refractivity contribution is -0.135. The van der Waals surface area contributed by atoms with Gasteiger partial charge in [-0.2, -0.15) is 0 Å². The number of benzene rings is 1. The van der Waals surface area contributed by atoms with E-state index in [2.05, 4.69) is 38.5 Å². The first-order chi connectivity index (χ1) is 12.5. The van der Waals surface area contributed by atoms with Crippen molar-refractivity contribution < 1.29 is 14.3 Å². The number of nitrogens with one attached hydrogen (secondary N) is 1. The molecule has 0 radical (unpaired) electrons. The van der Waals surface area contributed by atoms with Crippen LogP contribution in [0.5, 0.6) is 0 Å². The second-order valence-electron chi connectivity index (χ2n) is 8.54. The molecule has 5 nitrogen and oxygen atoms in total. The predicted octanol–water partition coefficient (Wildman–Crippen LogP) is 3.93. The van der Waals surface area contributed by atoms with Crippen molar-refractivity contribution >= 4 is 25.6 Å². The first kappa shape index (κ1) is 21.4. The lowest BCUT2D eigenvalue weighted by atomic mass is 9.74. The van der Waals surface area contributed by atoms with Gasteiger partial charge in [0.2, 0.25) is 11.8 Å². The molecule has 27 heavy (non-hydrogen) atoms. The van der Waals surface area contributed by atoms with Gasteiger partial charge in [0.1, 0.15) is 0 Å². The van der Waals surface area contributed by atoms with Crippen molar-refractivity contribution in [2.45, 2.75) is 57.5 Å². The maximum absolute atomic E-state index is 12.4. The number of ether oxygens (including phenoxy) is 1. The number of hydrogen-bond donors (Lipinski definition) is 1. The van der Waals surface area contributed by atoms with Crippen LogP contribution in [-0.2, 0) is 19.7 Å². The van der Waals surface area contributed by atoms with Crippen LogP contribution in [0.2, 0.25) is 19.6 Å². The van der Waals surface area contributed by atoms with Crippen LogP contribution < -0.4 is 5.32 Å². The number of amides is 2. The van der Waals surface area contributed by atoms with E-state index in [1.807, 2.05) is 24.3 Å². The van der Waals surface area contributed by atoms with Crippen molar-refractivity contribution in [3.05, 3.63) is 42.1 Å². The predicted molar refractivity (Wildman–Crippen MR) is 112 cm³/mol. The SMILES string of the molecule is C=C(C)N1CC2(CCC1=O)C(=O)Nc1ccccc12.COC(C)[Si](C)(C)C. The van der Waals surface area contributed by atoms with Gasteiger partial charge in [0, 0.05) is 37.2 Å². The Hall–Kier alpha value is -1.92. The number of allylic oxidation sites excluding steroid dienone is 1. The second kappa shape index (κ2) is 7.98. The van der Waals surface area contributed by atoms with Gasteiger partial charge in [-0.1, -0.05) is 44.4 Å². The zero-order valence-corrected chi connectivity index (χ0v) is 18.4. The fourth-order valence-electron chi connectivity index (χ4n) is 3.37. The summed E-state index contributed by atoms with van der Waals surface area (Å²) in [7, 11) is 0.798. The Labute approximate surface area is 163 Å². The molecule has 1 aromatic carbocycles. The van der Waals surface area contributed by atoms with E-state index in [-0.39, 0.29) is 11.8 Å². The van der Waals surface area contributed by atoms with Crippen LogP contribution in [0.25, 0.3) is 0 Å². The maximum Gasteiger partial charge on any atom is 0.236 e. The largest absolute Gasteiger partial charge is 0.385 e. The zero-order chi connectivity index (χ0) is 20.4. The van der Waals surface area contributed by atoms with E-state index in [1.165, 1.54) is 0 Å². The molecule has 0 aliphatic carbocycles. The van der Waals surface area contributed by atoms with Gasteiger partial charge in [0.05, 0.1) is 13.5 Å². The number of carbonyl (C=O) groups excluding carboxylic acids is 2. The summed E-state index contributed by atoms with van der Waals surface area (Å²) in [5.74, 6) is 0.0442. The number of fused-ring (bicyclic) bond motifs is 2. The fourth-order valence-corrected chi connectivity index (χ4v) is 4.08. The molecule has 2 aliphatic rings. The fraction of sp³-hybridized carbons (Fsp3) is 0.524. The average molecular weight is 389 g/mol. The lowest BCUT2D eigenvalue weighted by Gasteiger charge is -2.38. The molecule has 1 aromatic rings. The summed E-state index contributed by atoms with van der Waals surface area (Å²) < 4.78 is 5.18. The minimum absolute atomic E-state index is 0.00699. The van der Waals surface area contributed by atoms with E-state index >= 15 is 0 Å². The van der Waals surface area contributed by atoms with Gasteiger partial charge in [-0.3, -0.25) is 9.59 Å². The summed E-state index contributed by atoms with van der Waals surface area (Å²) in [4.78, 5) is 26.0. The highest BCUT2D eigenvalue weighted by Crippen LogP contribution is 2.44. The Balaban J connectivity index is 0.000000279. The number of methoxy groups -OCH3 is 1. The van der Waals surface area contributed by atoms with Crippen LogP contribution in [-0.4, -0.2) is 44.2 Å². The topological polar surface area (TPSA) is 58.6 Å².